The molecule has 1 amide bonds. The van der Waals surface area contributed by atoms with Gasteiger partial charge >= 0.3 is 12.6 Å². The maximum absolute atomic E-state index is 12.7. The second-order valence-corrected chi connectivity index (χ2v) is 7.21. The molecular formula is C24H24F2N2O5. The number of amides is 1. The summed E-state index contributed by atoms with van der Waals surface area (Å²) < 4.78 is 39.1. The summed E-state index contributed by atoms with van der Waals surface area (Å²) in [7, 11) is 1.51. The number of halogens is 2. The lowest BCUT2D eigenvalue weighted by atomic mass is 10.0. The molecule has 0 saturated carbocycles. The van der Waals surface area contributed by atoms with Crippen molar-refractivity contribution >= 4 is 22.8 Å². The van der Waals surface area contributed by atoms with E-state index in [1.165, 1.54) is 19.2 Å². The lowest BCUT2D eigenvalue weighted by Gasteiger charge is -2.14. The van der Waals surface area contributed by atoms with Crippen LogP contribution in [0.2, 0.25) is 0 Å². The molecule has 0 aliphatic carbocycles. The van der Waals surface area contributed by atoms with Crippen molar-refractivity contribution in [1.82, 2.24) is 10.3 Å². The number of methoxy groups -OCH3 is 1. The molecule has 33 heavy (non-hydrogen) atoms. The van der Waals surface area contributed by atoms with Crippen LogP contribution in [-0.4, -0.2) is 43.7 Å². The largest absolute Gasteiger partial charge is 0.452 e. The number of aryl methyl sites for hydroxylation is 1. The van der Waals surface area contributed by atoms with E-state index in [4.69, 9.17) is 9.47 Å². The van der Waals surface area contributed by atoms with Crippen LogP contribution in [0, 0.1) is 6.92 Å². The summed E-state index contributed by atoms with van der Waals surface area (Å²) in [5, 5.41) is 3.48. The van der Waals surface area contributed by atoms with Crippen molar-refractivity contribution in [3.05, 3.63) is 70.9 Å². The molecule has 1 heterocycles. The van der Waals surface area contributed by atoms with Crippen molar-refractivity contribution in [3.8, 4) is 5.75 Å². The molecule has 0 fully saturated rings. The molecule has 3 aromatic rings. The molecule has 1 aromatic heterocycles. The first-order valence-corrected chi connectivity index (χ1v) is 10.2. The van der Waals surface area contributed by atoms with Gasteiger partial charge in [0.1, 0.15) is 5.75 Å². The van der Waals surface area contributed by atoms with Crippen LogP contribution in [0.15, 0.2) is 48.5 Å². The lowest BCUT2D eigenvalue weighted by Crippen LogP contribution is -2.30. The third-order valence-electron chi connectivity index (χ3n) is 4.93. The lowest BCUT2D eigenvalue weighted by molar-refractivity contribution is -0.124. The molecule has 0 radical (unpaired) electrons. The average molecular weight is 458 g/mol. The fourth-order valence-corrected chi connectivity index (χ4v) is 3.39. The van der Waals surface area contributed by atoms with E-state index >= 15 is 0 Å². The maximum atomic E-state index is 12.7. The van der Waals surface area contributed by atoms with Gasteiger partial charge in [0.05, 0.1) is 23.4 Å². The van der Waals surface area contributed by atoms with Crippen LogP contribution in [-0.2, 0) is 27.3 Å². The van der Waals surface area contributed by atoms with Gasteiger partial charge in [0.2, 0.25) is 0 Å². The molecule has 174 valence electrons. The zero-order valence-corrected chi connectivity index (χ0v) is 18.3. The smallest absolute Gasteiger partial charge is 0.387 e. The molecule has 0 spiro atoms. The van der Waals surface area contributed by atoms with Gasteiger partial charge in [-0.15, -0.1) is 0 Å². The number of ether oxygens (including phenoxy) is 3. The summed E-state index contributed by atoms with van der Waals surface area (Å²) in [5.41, 5.74) is 3.01. The van der Waals surface area contributed by atoms with Crippen molar-refractivity contribution in [2.24, 2.45) is 0 Å². The molecule has 0 aliphatic rings. The van der Waals surface area contributed by atoms with E-state index in [0.29, 0.717) is 17.7 Å². The Morgan fingerprint density at radius 3 is 2.52 bits per heavy atom. The van der Waals surface area contributed by atoms with Gasteiger partial charge in [0.25, 0.3) is 5.91 Å². The highest BCUT2D eigenvalue weighted by Crippen LogP contribution is 2.24. The van der Waals surface area contributed by atoms with E-state index in [2.05, 4.69) is 15.0 Å². The highest BCUT2D eigenvalue weighted by molar-refractivity contribution is 5.99. The fraction of sp³-hybridized carbons (Fsp3) is 0.292. The van der Waals surface area contributed by atoms with Crippen LogP contribution in [0.5, 0.6) is 5.75 Å². The normalized spacial score (nSPS) is 10.9. The average Bonchev–Trinajstić information content (AvgIpc) is 2.79. The summed E-state index contributed by atoms with van der Waals surface area (Å²) in [6, 6.07) is 13.6. The van der Waals surface area contributed by atoms with Gasteiger partial charge in [-0.2, -0.15) is 8.78 Å². The number of nitrogens with one attached hydrogen (secondary N) is 1. The Labute approximate surface area is 189 Å². The molecule has 0 saturated heterocycles. The molecule has 0 bridgehead atoms. The van der Waals surface area contributed by atoms with E-state index in [9.17, 15) is 18.4 Å². The number of pyridine rings is 1. The number of hydrogen-bond acceptors (Lipinski definition) is 6. The highest BCUT2D eigenvalue weighted by atomic mass is 19.3. The number of esters is 1. The number of carbonyl (C=O) groups is 2. The summed E-state index contributed by atoms with van der Waals surface area (Å²) in [4.78, 5) is 29.4. The number of fused-ring (bicyclic) bond motifs is 1. The number of nitrogens with zero attached hydrogens (tertiary/aromatic N) is 1. The maximum Gasteiger partial charge on any atom is 0.387 e. The van der Waals surface area contributed by atoms with Gasteiger partial charge in [0, 0.05) is 19.0 Å². The number of aromatic nitrogens is 1. The Bertz CT molecular complexity index is 1120. The van der Waals surface area contributed by atoms with Gasteiger partial charge in [0.15, 0.2) is 6.61 Å². The Morgan fingerprint density at radius 1 is 1.09 bits per heavy atom. The minimum absolute atomic E-state index is 0.0658. The summed E-state index contributed by atoms with van der Waals surface area (Å²) >= 11 is 0. The zero-order valence-electron chi connectivity index (χ0n) is 18.3. The minimum atomic E-state index is -2.88. The molecule has 0 atom stereocenters. The van der Waals surface area contributed by atoms with Crippen LogP contribution in [0.4, 0.5) is 8.78 Å². The van der Waals surface area contributed by atoms with Crippen molar-refractivity contribution in [1.29, 1.82) is 0 Å². The van der Waals surface area contributed by atoms with E-state index in [0.717, 1.165) is 16.5 Å². The quantitative estimate of drug-likeness (QED) is 0.465. The van der Waals surface area contributed by atoms with Crippen LogP contribution in [0.1, 0.15) is 27.2 Å². The summed E-state index contributed by atoms with van der Waals surface area (Å²) in [6.07, 6.45) is 0.473. The Morgan fingerprint density at radius 2 is 1.82 bits per heavy atom. The van der Waals surface area contributed by atoms with Crippen LogP contribution >= 0.6 is 0 Å². The van der Waals surface area contributed by atoms with Gasteiger partial charge in [-0.1, -0.05) is 30.3 Å². The number of carbonyl (C=O) groups excluding carboxylic acids is 2. The molecule has 1 N–H and O–H groups in total. The Hall–Kier alpha value is -3.59. The van der Waals surface area contributed by atoms with E-state index < -0.39 is 25.1 Å². The molecule has 0 aliphatic heterocycles. The van der Waals surface area contributed by atoms with E-state index in [1.807, 2.05) is 24.3 Å². The second-order valence-electron chi connectivity index (χ2n) is 7.21. The number of alkyl halides is 2. The van der Waals surface area contributed by atoms with Crippen LogP contribution < -0.4 is 10.1 Å². The third kappa shape index (κ3) is 6.45. The zero-order chi connectivity index (χ0) is 23.8. The Kier molecular flexibility index (Phi) is 8.26. The summed E-state index contributed by atoms with van der Waals surface area (Å²) in [5.74, 6) is -1.04. The fourth-order valence-electron chi connectivity index (χ4n) is 3.39. The minimum Gasteiger partial charge on any atom is -0.452 e. The standard InChI is InChI=1S/C24H24F2N2O5/c1-15-18-5-3-4-6-19(18)28-20(13-31-2)22(15)23(30)32-14-21(29)27-12-11-16-7-9-17(10-8-16)33-24(25)26/h3-10,24H,11-14H2,1-2H3,(H,27,29). The van der Waals surface area contributed by atoms with Crippen LogP contribution in [0.25, 0.3) is 10.9 Å². The number of para-hydroxylation sites is 1. The predicted octanol–water partition coefficient (Wildman–Crippen LogP) is 3.81. The third-order valence-corrected chi connectivity index (χ3v) is 4.93. The topological polar surface area (TPSA) is 86.8 Å². The van der Waals surface area contributed by atoms with Crippen molar-refractivity contribution in [2.45, 2.75) is 26.6 Å². The van der Waals surface area contributed by atoms with E-state index in [1.54, 1.807) is 19.1 Å². The van der Waals surface area contributed by atoms with Gasteiger partial charge in [-0.3, -0.25) is 4.79 Å². The first-order valence-electron chi connectivity index (χ1n) is 10.2. The van der Waals surface area contributed by atoms with E-state index in [-0.39, 0.29) is 24.5 Å². The van der Waals surface area contributed by atoms with Crippen molar-refractivity contribution < 1.29 is 32.6 Å². The van der Waals surface area contributed by atoms with Gasteiger partial charge < -0.3 is 19.5 Å². The Balaban J connectivity index is 1.55. The molecule has 2 aromatic carbocycles. The van der Waals surface area contributed by atoms with Crippen molar-refractivity contribution in [2.75, 3.05) is 20.3 Å². The van der Waals surface area contributed by atoms with Crippen LogP contribution in [0.3, 0.4) is 0 Å². The first kappa shape index (κ1) is 24.1. The molecule has 9 heteroatoms. The predicted molar refractivity (Wildman–Crippen MR) is 117 cm³/mol. The number of benzene rings is 2. The number of rotatable bonds is 10. The van der Waals surface area contributed by atoms with Gasteiger partial charge in [-0.25, -0.2) is 9.78 Å². The molecule has 3 rings (SSSR count). The monoisotopic (exact) mass is 458 g/mol. The first-order chi connectivity index (χ1) is 15.9. The molecule has 7 nitrogen and oxygen atoms in total. The number of hydrogen-bond donors (Lipinski definition) is 1. The SMILES string of the molecule is COCc1nc2ccccc2c(C)c1C(=O)OCC(=O)NCCc1ccc(OC(F)F)cc1. The second kappa shape index (κ2) is 11.3. The molecular weight excluding hydrogens is 434 g/mol. The van der Waals surface area contributed by atoms with Gasteiger partial charge in [-0.05, 0) is 42.7 Å². The van der Waals surface area contributed by atoms with Crippen molar-refractivity contribution in [3.63, 3.8) is 0 Å². The highest BCUT2D eigenvalue weighted by Gasteiger charge is 2.21. The summed E-state index contributed by atoms with van der Waals surface area (Å²) in [6.45, 7) is -1.10. The molecule has 0 unspecified atom stereocenters.